The Hall–Kier alpha value is -1.17. The van der Waals surface area contributed by atoms with Gasteiger partial charge in [0.15, 0.2) is 0 Å². The molecule has 1 unspecified atom stereocenters. The quantitative estimate of drug-likeness (QED) is 0.869. The SMILES string of the molecule is O=C(O)C1(NCc2cccs2)CCc2cc(Br)ccc2C1. The van der Waals surface area contributed by atoms with Crippen LogP contribution < -0.4 is 5.32 Å². The third kappa shape index (κ3) is 3.05. The highest BCUT2D eigenvalue weighted by atomic mass is 79.9. The van der Waals surface area contributed by atoms with Crippen molar-refractivity contribution in [2.24, 2.45) is 0 Å². The Bertz CT molecular complexity index is 656. The standard InChI is InChI=1S/C16H16BrNO2S/c17-13-4-3-12-9-16(15(19)20,6-5-11(12)8-13)18-10-14-2-1-7-21-14/h1-4,7-8,18H,5-6,9-10H2,(H,19,20). The van der Waals surface area contributed by atoms with Gasteiger partial charge in [0, 0.05) is 22.3 Å². The lowest BCUT2D eigenvalue weighted by atomic mass is 9.78. The zero-order chi connectivity index (χ0) is 14.9. The maximum Gasteiger partial charge on any atom is 0.324 e. The summed E-state index contributed by atoms with van der Waals surface area (Å²) >= 11 is 5.12. The van der Waals surface area contributed by atoms with Gasteiger partial charge in [0.1, 0.15) is 5.54 Å². The van der Waals surface area contributed by atoms with Crippen LogP contribution in [0.5, 0.6) is 0 Å². The zero-order valence-corrected chi connectivity index (χ0v) is 13.8. The number of carboxylic acid groups (broad SMARTS) is 1. The topological polar surface area (TPSA) is 49.3 Å². The van der Waals surface area contributed by atoms with Crippen molar-refractivity contribution >= 4 is 33.2 Å². The van der Waals surface area contributed by atoms with Gasteiger partial charge >= 0.3 is 5.97 Å². The number of nitrogens with one attached hydrogen (secondary N) is 1. The van der Waals surface area contributed by atoms with E-state index in [-0.39, 0.29) is 0 Å². The number of rotatable bonds is 4. The number of fused-ring (bicyclic) bond motifs is 1. The van der Waals surface area contributed by atoms with Crippen molar-refractivity contribution < 1.29 is 9.90 Å². The smallest absolute Gasteiger partial charge is 0.324 e. The number of carboxylic acids is 1. The molecule has 1 aliphatic carbocycles. The largest absolute Gasteiger partial charge is 0.480 e. The Kier molecular flexibility index (Phi) is 4.15. The number of halogens is 1. The molecule has 0 radical (unpaired) electrons. The van der Waals surface area contributed by atoms with Crippen molar-refractivity contribution in [3.05, 3.63) is 56.2 Å². The van der Waals surface area contributed by atoms with E-state index in [0.717, 1.165) is 21.3 Å². The van der Waals surface area contributed by atoms with Crippen LogP contribution in [0, 0.1) is 0 Å². The summed E-state index contributed by atoms with van der Waals surface area (Å²) in [5.74, 6) is -0.757. The second kappa shape index (κ2) is 5.91. The van der Waals surface area contributed by atoms with E-state index in [1.807, 2.05) is 29.6 Å². The summed E-state index contributed by atoms with van der Waals surface area (Å²) < 4.78 is 1.05. The van der Waals surface area contributed by atoms with Crippen molar-refractivity contribution in [2.45, 2.75) is 31.3 Å². The van der Waals surface area contributed by atoms with Crippen LogP contribution >= 0.6 is 27.3 Å². The summed E-state index contributed by atoms with van der Waals surface area (Å²) in [7, 11) is 0. The number of aliphatic carboxylic acids is 1. The molecule has 110 valence electrons. The fraction of sp³-hybridized carbons (Fsp3) is 0.312. The van der Waals surface area contributed by atoms with Crippen molar-refractivity contribution in [3.63, 3.8) is 0 Å². The monoisotopic (exact) mass is 365 g/mol. The average Bonchev–Trinajstić information content (AvgIpc) is 2.98. The molecule has 0 fully saturated rings. The number of benzene rings is 1. The van der Waals surface area contributed by atoms with Crippen LogP contribution in [0.15, 0.2) is 40.2 Å². The molecular formula is C16H16BrNO2S. The van der Waals surface area contributed by atoms with Crippen LogP contribution in [0.1, 0.15) is 22.4 Å². The minimum Gasteiger partial charge on any atom is -0.480 e. The zero-order valence-electron chi connectivity index (χ0n) is 11.4. The Balaban J connectivity index is 1.82. The van der Waals surface area contributed by atoms with Gasteiger partial charge in [-0.05, 0) is 47.5 Å². The average molecular weight is 366 g/mol. The molecular weight excluding hydrogens is 350 g/mol. The van der Waals surface area contributed by atoms with Crippen LogP contribution in [0.3, 0.4) is 0 Å². The van der Waals surface area contributed by atoms with Crippen LogP contribution in [-0.4, -0.2) is 16.6 Å². The summed E-state index contributed by atoms with van der Waals surface area (Å²) in [6, 6.07) is 10.1. The van der Waals surface area contributed by atoms with Crippen molar-refractivity contribution in [2.75, 3.05) is 0 Å². The van der Waals surface area contributed by atoms with E-state index in [1.54, 1.807) is 11.3 Å². The van der Waals surface area contributed by atoms with Gasteiger partial charge in [-0.2, -0.15) is 0 Å². The van der Waals surface area contributed by atoms with E-state index in [2.05, 4.69) is 27.3 Å². The molecule has 1 atom stereocenters. The minimum absolute atomic E-state index is 0.538. The van der Waals surface area contributed by atoms with Gasteiger partial charge < -0.3 is 5.11 Å². The fourth-order valence-electron chi connectivity index (χ4n) is 2.84. The van der Waals surface area contributed by atoms with E-state index >= 15 is 0 Å². The number of thiophene rings is 1. The van der Waals surface area contributed by atoms with E-state index < -0.39 is 11.5 Å². The molecule has 2 aromatic rings. The molecule has 0 bridgehead atoms. The van der Waals surface area contributed by atoms with Gasteiger partial charge in [0.25, 0.3) is 0 Å². The molecule has 0 spiro atoms. The first-order valence-corrected chi connectivity index (χ1v) is 8.54. The summed E-state index contributed by atoms with van der Waals surface area (Å²) in [5, 5.41) is 15.0. The highest BCUT2D eigenvalue weighted by molar-refractivity contribution is 9.10. The maximum absolute atomic E-state index is 11.8. The first kappa shape index (κ1) is 14.8. The normalized spacial score (nSPS) is 21.0. The molecule has 2 N–H and O–H groups in total. The predicted octanol–water partition coefficient (Wildman–Crippen LogP) is 3.61. The Morgan fingerprint density at radius 1 is 1.38 bits per heavy atom. The summed E-state index contributed by atoms with van der Waals surface area (Å²) in [6.45, 7) is 0.607. The summed E-state index contributed by atoms with van der Waals surface area (Å²) in [4.78, 5) is 13.0. The van der Waals surface area contributed by atoms with Crippen LogP contribution in [-0.2, 0) is 24.2 Å². The highest BCUT2D eigenvalue weighted by Gasteiger charge is 2.41. The van der Waals surface area contributed by atoms with E-state index in [0.29, 0.717) is 19.4 Å². The summed E-state index contributed by atoms with van der Waals surface area (Å²) in [5.41, 5.74) is 1.52. The molecule has 5 heteroatoms. The van der Waals surface area contributed by atoms with Crippen molar-refractivity contribution in [1.29, 1.82) is 0 Å². The molecule has 1 aliphatic rings. The molecule has 1 heterocycles. The van der Waals surface area contributed by atoms with Crippen molar-refractivity contribution in [3.8, 4) is 0 Å². The molecule has 0 saturated heterocycles. The van der Waals surface area contributed by atoms with E-state index in [9.17, 15) is 9.90 Å². The van der Waals surface area contributed by atoms with Gasteiger partial charge in [0.2, 0.25) is 0 Å². The van der Waals surface area contributed by atoms with Gasteiger partial charge in [-0.15, -0.1) is 11.3 Å². The Morgan fingerprint density at radius 3 is 2.95 bits per heavy atom. The van der Waals surface area contributed by atoms with Gasteiger partial charge in [-0.25, -0.2) is 0 Å². The lowest BCUT2D eigenvalue weighted by molar-refractivity contribution is -0.145. The molecule has 1 aromatic carbocycles. The first-order chi connectivity index (χ1) is 10.1. The second-order valence-electron chi connectivity index (χ2n) is 5.41. The third-order valence-electron chi connectivity index (χ3n) is 4.07. The minimum atomic E-state index is -0.856. The molecule has 0 amide bonds. The fourth-order valence-corrected chi connectivity index (χ4v) is 3.89. The molecule has 0 aliphatic heterocycles. The Morgan fingerprint density at radius 2 is 2.24 bits per heavy atom. The molecule has 3 rings (SSSR count). The number of hydrogen-bond donors (Lipinski definition) is 2. The predicted molar refractivity (Wildman–Crippen MR) is 87.7 cm³/mol. The first-order valence-electron chi connectivity index (χ1n) is 6.87. The third-order valence-corrected chi connectivity index (χ3v) is 5.44. The van der Waals surface area contributed by atoms with Crippen LogP contribution in [0.4, 0.5) is 0 Å². The molecule has 3 nitrogen and oxygen atoms in total. The number of aryl methyl sites for hydroxylation is 1. The number of carbonyl (C=O) groups is 1. The van der Waals surface area contributed by atoms with Crippen molar-refractivity contribution in [1.82, 2.24) is 5.32 Å². The molecule has 1 aromatic heterocycles. The van der Waals surface area contributed by atoms with E-state index in [1.165, 1.54) is 5.56 Å². The molecule has 0 saturated carbocycles. The summed E-state index contributed by atoms with van der Waals surface area (Å²) in [6.07, 6.45) is 1.95. The van der Waals surface area contributed by atoms with Crippen LogP contribution in [0.2, 0.25) is 0 Å². The highest BCUT2D eigenvalue weighted by Crippen LogP contribution is 2.31. The second-order valence-corrected chi connectivity index (χ2v) is 7.36. The lowest BCUT2D eigenvalue weighted by Crippen LogP contribution is -2.55. The van der Waals surface area contributed by atoms with Gasteiger partial charge in [-0.1, -0.05) is 28.1 Å². The van der Waals surface area contributed by atoms with Crippen LogP contribution in [0.25, 0.3) is 0 Å². The Labute approximate surface area is 136 Å². The maximum atomic E-state index is 11.8. The molecule has 21 heavy (non-hydrogen) atoms. The van der Waals surface area contributed by atoms with E-state index in [4.69, 9.17) is 0 Å². The van der Waals surface area contributed by atoms with Gasteiger partial charge in [-0.3, -0.25) is 10.1 Å². The van der Waals surface area contributed by atoms with Gasteiger partial charge in [0.05, 0.1) is 0 Å². The lowest BCUT2D eigenvalue weighted by Gasteiger charge is -2.35. The number of hydrogen-bond acceptors (Lipinski definition) is 3.